The van der Waals surface area contributed by atoms with Crippen molar-refractivity contribution in [2.45, 2.75) is 32.9 Å². The fraction of sp³-hybridized carbons (Fsp3) is 0.357. The molecule has 1 atom stereocenters. The molecule has 0 aliphatic rings. The molecule has 0 saturated heterocycles. The molecule has 2 N–H and O–H groups in total. The summed E-state index contributed by atoms with van der Waals surface area (Å²) in [5.74, 6) is 1.42. The molecule has 2 heterocycles. The Hall–Kier alpha value is -2.01. The maximum absolute atomic E-state index is 6.20. The number of pyridine rings is 1. The summed E-state index contributed by atoms with van der Waals surface area (Å²) in [6, 6.07) is 3.38. The second kappa shape index (κ2) is 5.75. The number of hydrogen-bond donors (Lipinski definition) is 1. The highest BCUT2D eigenvalue weighted by molar-refractivity contribution is 5.30. The van der Waals surface area contributed by atoms with Crippen LogP contribution in [0.3, 0.4) is 0 Å². The third-order valence-corrected chi connectivity index (χ3v) is 2.58. The summed E-state index contributed by atoms with van der Waals surface area (Å²) < 4.78 is 5.61. The van der Waals surface area contributed by atoms with E-state index in [4.69, 9.17) is 10.5 Å². The lowest BCUT2D eigenvalue weighted by atomic mass is 10.1. The van der Waals surface area contributed by atoms with E-state index in [1.807, 2.05) is 32.9 Å². The number of nitrogens with zero attached hydrogens (tertiary/aromatic N) is 3. The molecule has 0 spiro atoms. The van der Waals surface area contributed by atoms with E-state index in [1.54, 1.807) is 18.6 Å². The molecule has 2 aromatic rings. The molecule has 100 valence electrons. The van der Waals surface area contributed by atoms with Gasteiger partial charge in [-0.25, -0.2) is 9.97 Å². The number of aromatic nitrogens is 3. The lowest BCUT2D eigenvalue weighted by Gasteiger charge is -2.14. The van der Waals surface area contributed by atoms with Crippen molar-refractivity contribution < 1.29 is 4.74 Å². The van der Waals surface area contributed by atoms with Gasteiger partial charge in [0, 0.05) is 12.4 Å². The minimum atomic E-state index is -0.329. The predicted molar refractivity (Wildman–Crippen MR) is 72.8 cm³/mol. The highest BCUT2D eigenvalue weighted by Gasteiger charge is 2.12. The maximum atomic E-state index is 6.20. The van der Waals surface area contributed by atoms with Crippen molar-refractivity contribution in [1.29, 1.82) is 0 Å². The normalized spacial score (nSPS) is 12.5. The van der Waals surface area contributed by atoms with Crippen molar-refractivity contribution in [2.75, 3.05) is 0 Å². The van der Waals surface area contributed by atoms with Crippen LogP contribution in [0.25, 0.3) is 0 Å². The molecule has 0 bridgehead atoms. The van der Waals surface area contributed by atoms with E-state index in [0.717, 1.165) is 11.3 Å². The van der Waals surface area contributed by atoms with Crippen molar-refractivity contribution in [3.63, 3.8) is 0 Å². The van der Waals surface area contributed by atoms with Gasteiger partial charge in [0.05, 0.1) is 24.0 Å². The highest BCUT2D eigenvalue weighted by atomic mass is 16.5. The van der Waals surface area contributed by atoms with E-state index in [9.17, 15) is 0 Å². The van der Waals surface area contributed by atoms with Gasteiger partial charge in [-0.3, -0.25) is 4.98 Å². The van der Waals surface area contributed by atoms with Crippen LogP contribution < -0.4 is 10.5 Å². The van der Waals surface area contributed by atoms with E-state index in [-0.39, 0.29) is 12.1 Å². The Morgan fingerprint density at radius 1 is 1.26 bits per heavy atom. The van der Waals surface area contributed by atoms with Crippen LogP contribution in [0.5, 0.6) is 5.75 Å². The maximum Gasteiger partial charge on any atom is 0.138 e. The van der Waals surface area contributed by atoms with Crippen molar-refractivity contribution >= 4 is 0 Å². The molecule has 1 unspecified atom stereocenters. The first-order valence-corrected chi connectivity index (χ1v) is 6.23. The van der Waals surface area contributed by atoms with Crippen LogP contribution in [0.1, 0.15) is 37.0 Å². The number of nitrogens with two attached hydrogens (primary N) is 1. The highest BCUT2D eigenvalue weighted by Crippen LogP contribution is 2.21. The average molecular weight is 258 g/mol. The first-order valence-electron chi connectivity index (χ1n) is 6.23. The summed E-state index contributed by atoms with van der Waals surface area (Å²) in [6.45, 7) is 5.79. The monoisotopic (exact) mass is 258 g/mol. The Bertz CT molecular complexity index is 557. The van der Waals surface area contributed by atoms with Crippen molar-refractivity contribution in [3.05, 3.63) is 47.8 Å². The molecule has 0 fully saturated rings. The molecule has 2 aromatic heterocycles. The Morgan fingerprint density at radius 3 is 2.74 bits per heavy atom. The first-order chi connectivity index (χ1) is 9.06. The fourth-order valence-electron chi connectivity index (χ4n) is 1.76. The van der Waals surface area contributed by atoms with E-state index in [2.05, 4.69) is 15.0 Å². The van der Waals surface area contributed by atoms with Crippen LogP contribution >= 0.6 is 0 Å². The van der Waals surface area contributed by atoms with Crippen molar-refractivity contribution in [3.8, 4) is 5.75 Å². The molecular formula is C14H18N4O. The topological polar surface area (TPSA) is 73.9 Å². The quantitative estimate of drug-likeness (QED) is 0.908. The van der Waals surface area contributed by atoms with Gasteiger partial charge in [-0.15, -0.1) is 0 Å². The van der Waals surface area contributed by atoms with Crippen LogP contribution in [0.4, 0.5) is 0 Å². The molecular weight excluding hydrogens is 240 g/mol. The predicted octanol–water partition coefficient (Wildman–Crippen LogP) is 2.02. The van der Waals surface area contributed by atoms with Crippen LogP contribution in [0, 0.1) is 6.92 Å². The van der Waals surface area contributed by atoms with Gasteiger partial charge in [0.25, 0.3) is 0 Å². The van der Waals surface area contributed by atoms with Crippen molar-refractivity contribution in [1.82, 2.24) is 15.0 Å². The number of aryl methyl sites for hydroxylation is 1. The molecule has 0 amide bonds. The Kier molecular flexibility index (Phi) is 4.06. The summed E-state index contributed by atoms with van der Waals surface area (Å²) in [7, 11) is 0. The van der Waals surface area contributed by atoms with Gasteiger partial charge < -0.3 is 10.5 Å². The first kappa shape index (κ1) is 13.4. The summed E-state index contributed by atoms with van der Waals surface area (Å²) in [6.07, 6.45) is 5.23. The summed E-state index contributed by atoms with van der Waals surface area (Å²) in [5.41, 5.74) is 7.84. The fourth-order valence-corrected chi connectivity index (χ4v) is 1.76. The molecule has 2 rings (SSSR count). The second-order valence-corrected chi connectivity index (χ2v) is 4.63. The third-order valence-electron chi connectivity index (χ3n) is 2.58. The molecule has 0 aromatic carbocycles. The molecule has 0 aliphatic carbocycles. The average Bonchev–Trinajstić information content (AvgIpc) is 2.37. The summed E-state index contributed by atoms with van der Waals surface area (Å²) >= 11 is 0. The molecule has 0 aliphatic heterocycles. The molecule has 5 nitrogen and oxygen atoms in total. The third kappa shape index (κ3) is 3.48. The SMILES string of the molecule is Cc1nccc(C(N)c2cncc(OC(C)C)c2)n1. The molecule has 0 radical (unpaired) electrons. The van der Waals surface area contributed by atoms with E-state index >= 15 is 0 Å². The Labute approximate surface area is 112 Å². The largest absolute Gasteiger partial charge is 0.489 e. The zero-order chi connectivity index (χ0) is 13.8. The smallest absolute Gasteiger partial charge is 0.138 e. The number of hydrogen-bond acceptors (Lipinski definition) is 5. The molecule has 19 heavy (non-hydrogen) atoms. The molecule has 0 saturated carbocycles. The zero-order valence-electron chi connectivity index (χ0n) is 11.4. The van der Waals surface area contributed by atoms with Gasteiger partial charge in [0.2, 0.25) is 0 Å². The van der Waals surface area contributed by atoms with Gasteiger partial charge in [0.1, 0.15) is 11.6 Å². The van der Waals surface area contributed by atoms with Crippen LogP contribution in [0.15, 0.2) is 30.7 Å². The van der Waals surface area contributed by atoms with Crippen molar-refractivity contribution in [2.24, 2.45) is 5.73 Å². The lowest BCUT2D eigenvalue weighted by molar-refractivity contribution is 0.241. The molecule has 5 heteroatoms. The van der Waals surface area contributed by atoms with Gasteiger partial charge in [-0.2, -0.15) is 0 Å². The zero-order valence-corrected chi connectivity index (χ0v) is 11.4. The number of rotatable bonds is 4. The lowest BCUT2D eigenvalue weighted by Crippen LogP contribution is -2.15. The Morgan fingerprint density at radius 2 is 2.05 bits per heavy atom. The van der Waals surface area contributed by atoms with Gasteiger partial charge >= 0.3 is 0 Å². The van der Waals surface area contributed by atoms with E-state index < -0.39 is 0 Å². The minimum Gasteiger partial charge on any atom is -0.489 e. The van der Waals surface area contributed by atoms with E-state index in [1.165, 1.54) is 0 Å². The van der Waals surface area contributed by atoms with Crippen LogP contribution in [0.2, 0.25) is 0 Å². The van der Waals surface area contributed by atoms with Gasteiger partial charge in [0.15, 0.2) is 0 Å². The standard InChI is InChI=1S/C14H18N4O/c1-9(2)19-12-6-11(7-16-8-12)14(15)13-4-5-17-10(3)18-13/h4-9,14H,15H2,1-3H3. The number of ether oxygens (including phenoxy) is 1. The van der Waals surface area contributed by atoms with Gasteiger partial charge in [-0.05, 0) is 38.5 Å². The summed E-state index contributed by atoms with van der Waals surface area (Å²) in [4.78, 5) is 12.6. The van der Waals surface area contributed by atoms with E-state index in [0.29, 0.717) is 11.6 Å². The van der Waals surface area contributed by atoms with Crippen LogP contribution in [-0.2, 0) is 0 Å². The van der Waals surface area contributed by atoms with Crippen LogP contribution in [-0.4, -0.2) is 21.1 Å². The Balaban J connectivity index is 2.26. The van der Waals surface area contributed by atoms with Gasteiger partial charge in [-0.1, -0.05) is 0 Å². The minimum absolute atomic E-state index is 0.106. The second-order valence-electron chi connectivity index (χ2n) is 4.63. The summed E-state index contributed by atoms with van der Waals surface area (Å²) in [5, 5.41) is 0.